The second-order valence-corrected chi connectivity index (χ2v) is 12.5. The molecule has 4 aliphatic rings. The third kappa shape index (κ3) is 4.32. The summed E-state index contributed by atoms with van der Waals surface area (Å²) in [7, 11) is -0.957. The van der Waals surface area contributed by atoms with E-state index in [1.165, 1.54) is 0 Å². The normalized spacial score (nSPS) is 39.8. The number of Topliss-reactive ketones (excluding diaryl/α,β-unsaturated/α-hetero) is 1. The Labute approximate surface area is 232 Å². The quantitative estimate of drug-likeness (QED) is 0.295. The highest BCUT2D eigenvalue weighted by Crippen LogP contribution is 2.68. The zero-order valence-corrected chi connectivity index (χ0v) is 23.7. The lowest BCUT2D eigenvalue weighted by molar-refractivity contribution is -0.205. The van der Waals surface area contributed by atoms with Crippen molar-refractivity contribution in [1.29, 1.82) is 0 Å². The summed E-state index contributed by atoms with van der Waals surface area (Å²) in [6.07, 6.45) is 4.14. The Morgan fingerprint density at radius 2 is 2.05 bits per heavy atom. The van der Waals surface area contributed by atoms with Crippen LogP contribution in [-0.4, -0.2) is 47.8 Å². The summed E-state index contributed by atoms with van der Waals surface area (Å²) in [6.45, 7) is 12.8. The molecule has 1 heterocycles. The van der Waals surface area contributed by atoms with Gasteiger partial charge in [0.2, 0.25) is 0 Å². The lowest BCUT2D eigenvalue weighted by Gasteiger charge is -2.61. The van der Waals surface area contributed by atoms with E-state index in [9.17, 15) is 19.7 Å². The van der Waals surface area contributed by atoms with E-state index >= 15 is 0 Å². The third-order valence-corrected chi connectivity index (χ3v) is 10.8. The first-order valence-corrected chi connectivity index (χ1v) is 13.7. The average Bonchev–Trinajstić information content (AvgIpc) is 3.43. The lowest BCUT2D eigenvalue weighted by atomic mass is 9.44. The second-order valence-electron chi connectivity index (χ2n) is 12.5. The van der Waals surface area contributed by atoms with Crippen molar-refractivity contribution < 1.29 is 29.1 Å². The first-order valence-electron chi connectivity index (χ1n) is 13.7. The van der Waals surface area contributed by atoms with Gasteiger partial charge < -0.3 is 24.8 Å². The van der Waals surface area contributed by atoms with Gasteiger partial charge in [0.05, 0.1) is 12.7 Å². The van der Waals surface area contributed by atoms with Gasteiger partial charge in [0, 0.05) is 28.9 Å². The van der Waals surface area contributed by atoms with Crippen LogP contribution in [0.25, 0.3) is 0 Å². The molecule has 1 aromatic rings. The molecule has 0 unspecified atom stereocenters. The number of aliphatic hydroxyl groups is 1. The van der Waals surface area contributed by atoms with Crippen LogP contribution in [0.15, 0.2) is 30.9 Å². The number of nitrogens with one attached hydrogen (secondary N) is 1. The zero-order valence-electron chi connectivity index (χ0n) is 22.9. The maximum atomic E-state index is 13.5. The van der Waals surface area contributed by atoms with E-state index in [2.05, 4.69) is 32.7 Å². The van der Waals surface area contributed by atoms with E-state index in [4.69, 9.17) is 9.39 Å². The molecule has 2 bridgehead atoms. The van der Waals surface area contributed by atoms with Gasteiger partial charge in [-0.15, -0.1) is 19.0 Å². The number of rotatable bonds is 5. The van der Waals surface area contributed by atoms with Gasteiger partial charge in [-0.1, -0.05) is 39.8 Å². The molecule has 8 atom stereocenters. The second kappa shape index (κ2) is 10.3. The minimum Gasteiger partial charge on any atom is -0.460 e. The van der Waals surface area contributed by atoms with Crippen LogP contribution in [0.3, 0.4) is 0 Å². The number of hydrogen-bond donors (Lipinski definition) is 3. The molecule has 0 saturated heterocycles. The Bertz CT molecular complexity index is 1120. The van der Waals surface area contributed by atoms with Gasteiger partial charge in [-0.25, -0.2) is 0 Å². The molecule has 0 amide bonds. The molecule has 3 saturated carbocycles. The molecule has 38 heavy (non-hydrogen) atoms. The summed E-state index contributed by atoms with van der Waals surface area (Å²) in [6, 6.07) is 5.52. The van der Waals surface area contributed by atoms with Gasteiger partial charge in [-0.3, -0.25) is 9.59 Å². The maximum Gasteiger partial charge on any atom is 0.491 e. The fourth-order valence-electron chi connectivity index (χ4n) is 8.20. The number of ether oxygens (including phenoxy) is 1. The maximum absolute atomic E-state index is 13.5. The van der Waals surface area contributed by atoms with Crippen LogP contribution in [0.4, 0.5) is 5.69 Å². The van der Waals surface area contributed by atoms with Crippen molar-refractivity contribution in [3.8, 4) is 0 Å². The number of ketones is 1. The summed E-state index contributed by atoms with van der Waals surface area (Å²) >= 11 is 0. The van der Waals surface area contributed by atoms with E-state index in [1.54, 1.807) is 6.07 Å². The number of hydrogen-bond acceptors (Lipinski definition) is 7. The molecule has 9 heteroatoms. The molecule has 1 aliphatic heterocycles. The van der Waals surface area contributed by atoms with Crippen molar-refractivity contribution in [2.24, 2.45) is 34.0 Å². The van der Waals surface area contributed by atoms with Gasteiger partial charge in [-0.05, 0) is 66.1 Å². The van der Waals surface area contributed by atoms with Crippen molar-refractivity contribution in [2.45, 2.75) is 78.6 Å². The highest BCUT2D eigenvalue weighted by atomic mass is 35.5. The average molecular weight is 546 g/mol. The molecule has 7 nitrogen and oxygen atoms in total. The molecular formula is C29H41BClNO6. The Balaban J connectivity index is 0.00000336. The fraction of sp³-hybridized carbons (Fsp3) is 0.655. The third-order valence-electron chi connectivity index (χ3n) is 10.8. The zero-order chi connectivity index (χ0) is 26.8. The SMILES string of the molecule is C=C[C@]1(C)C[C@@H](OC(=O)CNc2ccc3c(c2)B(O)OC3)[C@@]2(C)[C@@H]3C(=O)CC[C@@]3(CC[C@@H]2C)[C@@H](C)[C@@H]1O.Cl. The first-order chi connectivity index (χ1) is 17.5. The van der Waals surface area contributed by atoms with Crippen LogP contribution < -0.4 is 10.8 Å². The van der Waals surface area contributed by atoms with Gasteiger partial charge in [0.1, 0.15) is 18.4 Å². The summed E-state index contributed by atoms with van der Waals surface area (Å²) in [5.41, 5.74) is 0.836. The van der Waals surface area contributed by atoms with E-state index in [0.29, 0.717) is 30.6 Å². The summed E-state index contributed by atoms with van der Waals surface area (Å²) in [5.74, 6) is -0.281. The Hall–Kier alpha value is -1.87. The summed E-state index contributed by atoms with van der Waals surface area (Å²) in [5, 5.41) is 24.7. The molecule has 0 radical (unpaired) electrons. The van der Waals surface area contributed by atoms with Crippen molar-refractivity contribution in [1.82, 2.24) is 0 Å². The van der Waals surface area contributed by atoms with Crippen LogP contribution in [0, 0.1) is 34.0 Å². The van der Waals surface area contributed by atoms with Crippen LogP contribution in [0.1, 0.15) is 65.4 Å². The monoisotopic (exact) mass is 545 g/mol. The number of fused-ring (bicyclic) bond motifs is 1. The number of carbonyl (C=O) groups is 2. The van der Waals surface area contributed by atoms with E-state index in [-0.39, 0.29) is 47.9 Å². The molecule has 208 valence electrons. The van der Waals surface area contributed by atoms with Crippen molar-refractivity contribution in [3.05, 3.63) is 36.4 Å². The number of carbonyl (C=O) groups excluding carboxylic acids is 2. The highest BCUT2D eigenvalue weighted by Gasteiger charge is 2.68. The molecule has 3 aliphatic carbocycles. The Kier molecular flexibility index (Phi) is 7.87. The molecule has 0 spiro atoms. The van der Waals surface area contributed by atoms with Gasteiger partial charge >= 0.3 is 13.1 Å². The molecule has 3 N–H and O–H groups in total. The number of aliphatic hydroxyl groups excluding tert-OH is 1. The van der Waals surface area contributed by atoms with Crippen molar-refractivity contribution >= 4 is 42.4 Å². The van der Waals surface area contributed by atoms with Gasteiger partial charge in [-0.2, -0.15) is 0 Å². The van der Waals surface area contributed by atoms with Crippen LogP contribution >= 0.6 is 12.4 Å². The number of halogens is 1. The Morgan fingerprint density at radius 1 is 1.32 bits per heavy atom. The topological polar surface area (TPSA) is 105 Å². The fourth-order valence-corrected chi connectivity index (χ4v) is 8.20. The van der Waals surface area contributed by atoms with Crippen LogP contribution in [0.2, 0.25) is 0 Å². The van der Waals surface area contributed by atoms with Gasteiger partial charge in [0.15, 0.2) is 0 Å². The highest BCUT2D eigenvalue weighted by molar-refractivity contribution is 6.61. The van der Waals surface area contributed by atoms with E-state index in [1.807, 2.05) is 25.1 Å². The Morgan fingerprint density at radius 3 is 2.76 bits per heavy atom. The number of anilines is 1. The molecule has 5 rings (SSSR count). The standard InChI is InChI=1S/C29H40BNO6.ClH/c1-6-27(4)14-23(37-24(33)15-31-20-8-7-19-16-36-30(35)21(19)13-20)28(5)17(2)9-11-29(18(3)26(27)34)12-10-22(32)25(28)29;/h6-8,13,17-18,23,25-26,31,34-35H,1,9-12,14-16H2,2-5H3;1H/t17-,18-,23+,25-,26-,27+,28-,29-;/m0./s1. The first kappa shape index (κ1) is 29.1. The predicted octanol–water partition coefficient (Wildman–Crippen LogP) is 3.64. The van der Waals surface area contributed by atoms with E-state index in [0.717, 1.165) is 24.8 Å². The molecule has 3 fully saturated rings. The van der Waals surface area contributed by atoms with Crippen LogP contribution in [-0.2, 0) is 25.6 Å². The minimum absolute atomic E-state index is 0. The van der Waals surface area contributed by atoms with Crippen molar-refractivity contribution in [2.75, 3.05) is 11.9 Å². The van der Waals surface area contributed by atoms with Gasteiger partial charge in [0.25, 0.3) is 0 Å². The smallest absolute Gasteiger partial charge is 0.460 e. The molecular weight excluding hydrogens is 505 g/mol. The van der Waals surface area contributed by atoms with Crippen LogP contribution in [0.5, 0.6) is 0 Å². The molecule has 0 aromatic heterocycles. The largest absolute Gasteiger partial charge is 0.491 e. The van der Waals surface area contributed by atoms with E-state index < -0.39 is 36.1 Å². The number of esters is 1. The summed E-state index contributed by atoms with van der Waals surface area (Å²) in [4.78, 5) is 26.8. The number of benzene rings is 1. The lowest BCUT2D eigenvalue weighted by Crippen LogP contribution is -2.63. The predicted molar refractivity (Wildman–Crippen MR) is 149 cm³/mol. The molecule has 1 aromatic carbocycles. The van der Waals surface area contributed by atoms with Crippen molar-refractivity contribution in [3.63, 3.8) is 0 Å². The summed E-state index contributed by atoms with van der Waals surface area (Å²) < 4.78 is 11.5. The minimum atomic E-state index is -0.957.